The lowest BCUT2D eigenvalue weighted by Crippen LogP contribution is -2.34. The first-order valence-corrected chi connectivity index (χ1v) is 7.50. The normalized spacial score (nSPS) is 10.9. The minimum atomic E-state index is -0.514. The van der Waals surface area contributed by atoms with Crippen LogP contribution in [0.1, 0.15) is 11.6 Å². The molecule has 1 aromatic carbocycles. The minimum absolute atomic E-state index is 0.156. The lowest BCUT2D eigenvalue weighted by Gasteiger charge is -2.11. The molecule has 1 amide bonds. The van der Waals surface area contributed by atoms with E-state index < -0.39 is 11.4 Å². The van der Waals surface area contributed by atoms with Crippen LogP contribution >= 0.6 is 0 Å². The Balaban J connectivity index is 1.74. The average Bonchev–Trinajstić information content (AvgIpc) is 3.06. The molecule has 0 saturated carbocycles. The van der Waals surface area contributed by atoms with Crippen LogP contribution in [0, 0.1) is 12.7 Å². The molecule has 2 aromatic heterocycles. The molecule has 0 bridgehead atoms. The van der Waals surface area contributed by atoms with E-state index in [-0.39, 0.29) is 17.8 Å². The molecule has 0 unspecified atom stereocenters. The van der Waals surface area contributed by atoms with Gasteiger partial charge in [-0.05, 0) is 37.3 Å². The number of benzene rings is 1. The number of halogens is 1. The zero-order valence-corrected chi connectivity index (χ0v) is 13.1. The number of carbonyl (C=O) groups excluding carboxylic acids is 1. The summed E-state index contributed by atoms with van der Waals surface area (Å²) in [6.45, 7) is 1.87. The third kappa shape index (κ3) is 3.34. The zero-order chi connectivity index (χ0) is 17.1. The zero-order valence-electron chi connectivity index (χ0n) is 13.1. The van der Waals surface area contributed by atoms with Crippen molar-refractivity contribution in [1.29, 1.82) is 0 Å². The van der Waals surface area contributed by atoms with Crippen molar-refractivity contribution >= 4 is 16.8 Å². The fraction of sp³-hybridized carbons (Fsp3) is 0.235. The van der Waals surface area contributed by atoms with Crippen molar-refractivity contribution < 1.29 is 13.6 Å². The van der Waals surface area contributed by atoms with Crippen LogP contribution in [0.25, 0.3) is 10.9 Å². The molecule has 2 heterocycles. The Morgan fingerprint density at radius 3 is 2.96 bits per heavy atom. The van der Waals surface area contributed by atoms with E-state index >= 15 is 0 Å². The number of fused-ring (bicyclic) bond motifs is 1. The average molecular weight is 329 g/mol. The number of aryl methyl sites for hydroxylation is 1. The first kappa shape index (κ1) is 15.9. The van der Waals surface area contributed by atoms with Crippen LogP contribution in [0.15, 0.2) is 45.8 Å². The minimum Gasteiger partial charge on any atom is -0.469 e. The molecule has 3 aromatic rings. The van der Waals surface area contributed by atoms with E-state index in [2.05, 4.69) is 10.3 Å². The first-order valence-electron chi connectivity index (χ1n) is 7.50. The molecule has 0 saturated heterocycles. The molecule has 24 heavy (non-hydrogen) atoms. The van der Waals surface area contributed by atoms with Gasteiger partial charge in [-0.2, -0.15) is 0 Å². The highest BCUT2D eigenvalue weighted by Crippen LogP contribution is 2.10. The van der Waals surface area contributed by atoms with Gasteiger partial charge in [0.15, 0.2) is 0 Å². The van der Waals surface area contributed by atoms with E-state index in [4.69, 9.17) is 4.42 Å². The fourth-order valence-electron chi connectivity index (χ4n) is 2.47. The smallest absolute Gasteiger partial charge is 0.261 e. The number of nitrogens with zero attached hydrogens (tertiary/aromatic N) is 2. The highest BCUT2D eigenvalue weighted by atomic mass is 19.1. The number of carbonyl (C=O) groups is 1. The molecule has 0 atom stereocenters. The largest absolute Gasteiger partial charge is 0.469 e. The van der Waals surface area contributed by atoms with E-state index in [1.165, 1.54) is 16.7 Å². The number of hydrogen-bond acceptors (Lipinski definition) is 4. The van der Waals surface area contributed by atoms with Crippen molar-refractivity contribution in [2.24, 2.45) is 0 Å². The summed E-state index contributed by atoms with van der Waals surface area (Å²) in [5.74, 6) is 0.343. The van der Waals surface area contributed by atoms with Gasteiger partial charge in [-0.3, -0.25) is 14.2 Å². The number of nitrogens with one attached hydrogen (secondary N) is 1. The van der Waals surface area contributed by atoms with Crippen molar-refractivity contribution in [2.75, 3.05) is 6.54 Å². The fourth-order valence-corrected chi connectivity index (χ4v) is 2.47. The summed E-state index contributed by atoms with van der Waals surface area (Å²) >= 11 is 0. The molecule has 0 aliphatic rings. The van der Waals surface area contributed by atoms with Crippen LogP contribution in [0.5, 0.6) is 0 Å². The molecular formula is C17H16FN3O3. The van der Waals surface area contributed by atoms with Crippen LogP contribution in [-0.2, 0) is 17.8 Å². The lowest BCUT2D eigenvalue weighted by molar-refractivity contribution is -0.121. The van der Waals surface area contributed by atoms with Gasteiger partial charge in [0.1, 0.15) is 23.9 Å². The van der Waals surface area contributed by atoms with Crippen LogP contribution in [0.2, 0.25) is 0 Å². The number of rotatable bonds is 5. The molecule has 6 nitrogen and oxygen atoms in total. The maximum absolute atomic E-state index is 13.3. The summed E-state index contributed by atoms with van der Waals surface area (Å²) in [4.78, 5) is 28.8. The molecule has 0 radical (unpaired) electrons. The van der Waals surface area contributed by atoms with Gasteiger partial charge in [-0.1, -0.05) is 0 Å². The molecule has 124 valence electrons. The van der Waals surface area contributed by atoms with E-state index in [1.807, 2.05) is 6.07 Å². The van der Waals surface area contributed by atoms with E-state index in [0.717, 1.165) is 11.8 Å². The standard InChI is InChI=1S/C17H16FN3O3/c1-11-20-15-5-4-12(18)9-14(15)17(23)21(11)10-16(22)19-7-6-13-3-2-8-24-13/h2-5,8-9H,6-7,10H2,1H3,(H,19,22). The summed E-state index contributed by atoms with van der Waals surface area (Å²) in [7, 11) is 0. The number of hydrogen-bond donors (Lipinski definition) is 1. The monoisotopic (exact) mass is 329 g/mol. The third-order valence-electron chi connectivity index (χ3n) is 3.68. The number of furan rings is 1. The summed E-state index contributed by atoms with van der Waals surface area (Å²) in [6, 6.07) is 7.44. The Morgan fingerprint density at radius 2 is 2.21 bits per heavy atom. The first-order chi connectivity index (χ1) is 11.5. The van der Waals surface area contributed by atoms with Crippen LogP contribution in [-0.4, -0.2) is 22.0 Å². The van der Waals surface area contributed by atoms with Crippen molar-refractivity contribution in [3.05, 3.63) is 64.4 Å². The Bertz CT molecular complexity index is 932. The highest BCUT2D eigenvalue weighted by Gasteiger charge is 2.12. The van der Waals surface area contributed by atoms with Crippen molar-refractivity contribution in [1.82, 2.24) is 14.9 Å². The number of aromatic nitrogens is 2. The molecule has 0 aliphatic heterocycles. The van der Waals surface area contributed by atoms with Gasteiger partial charge >= 0.3 is 0 Å². The number of amides is 1. The second kappa shape index (κ2) is 6.66. The quantitative estimate of drug-likeness (QED) is 0.774. The lowest BCUT2D eigenvalue weighted by atomic mass is 10.2. The molecular weight excluding hydrogens is 313 g/mol. The Morgan fingerprint density at radius 1 is 1.38 bits per heavy atom. The predicted octanol–water partition coefficient (Wildman–Crippen LogP) is 1.80. The molecule has 3 rings (SSSR count). The second-order valence-corrected chi connectivity index (χ2v) is 5.39. The Kier molecular flexibility index (Phi) is 4.41. The summed E-state index contributed by atoms with van der Waals surface area (Å²) in [5.41, 5.74) is -0.0217. The van der Waals surface area contributed by atoms with Gasteiger partial charge in [-0.15, -0.1) is 0 Å². The SMILES string of the molecule is Cc1nc2ccc(F)cc2c(=O)n1CC(=O)NCCc1ccco1. The Hall–Kier alpha value is -2.96. The predicted molar refractivity (Wildman–Crippen MR) is 86.1 cm³/mol. The van der Waals surface area contributed by atoms with Crippen molar-refractivity contribution in [2.45, 2.75) is 19.9 Å². The summed E-state index contributed by atoms with van der Waals surface area (Å²) < 4.78 is 19.8. The molecule has 7 heteroatoms. The van der Waals surface area contributed by atoms with Crippen molar-refractivity contribution in [3.8, 4) is 0 Å². The van der Waals surface area contributed by atoms with Crippen LogP contribution in [0.4, 0.5) is 4.39 Å². The third-order valence-corrected chi connectivity index (χ3v) is 3.68. The second-order valence-electron chi connectivity index (χ2n) is 5.39. The van der Waals surface area contributed by atoms with Gasteiger partial charge in [0.2, 0.25) is 5.91 Å². The van der Waals surface area contributed by atoms with Gasteiger partial charge < -0.3 is 9.73 Å². The van der Waals surface area contributed by atoms with Gasteiger partial charge in [0, 0.05) is 13.0 Å². The maximum Gasteiger partial charge on any atom is 0.261 e. The molecule has 1 N–H and O–H groups in total. The van der Waals surface area contributed by atoms with Gasteiger partial charge in [-0.25, -0.2) is 9.37 Å². The van der Waals surface area contributed by atoms with E-state index in [0.29, 0.717) is 24.3 Å². The van der Waals surface area contributed by atoms with Crippen molar-refractivity contribution in [3.63, 3.8) is 0 Å². The van der Waals surface area contributed by atoms with Crippen LogP contribution < -0.4 is 10.9 Å². The molecule has 0 fully saturated rings. The van der Waals surface area contributed by atoms with E-state index in [9.17, 15) is 14.0 Å². The van der Waals surface area contributed by atoms with Crippen LogP contribution in [0.3, 0.4) is 0 Å². The molecule has 0 aliphatic carbocycles. The van der Waals surface area contributed by atoms with Gasteiger partial charge in [0.25, 0.3) is 5.56 Å². The van der Waals surface area contributed by atoms with E-state index in [1.54, 1.807) is 19.3 Å². The summed E-state index contributed by atoms with van der Waals surface area (Å²) in [5, 5.41) is 2.88. The molecule has 0 spiro atoms. The topological polar surface area (TPSA) is 77.1 Å². The Labute approximate surface area is 136 Å². The maximum atomic E-state index is 13.3. The van der Waals surface area contributed by atoms with Gasteiger partial charge in [0.05, 0.1) is 17.2 Å². The highest BCUT2D eigenvalue weighted by molar-refractivity contribution is 5.79. The summed E-state index contributed by atoms with van der Waals surface area (Å²) in [6.07, 6.45) is 2.13.